The summed E-state index contributed by atoms with van der Waals surface area (Å²) in [5.41, 5.74) is 1.49. The lowest BCUT2D eigenvalue weighted by Gasteiger charge is -2.08. The van der Waals surface area contributed by atoms with Gasteiger partial charge in [0.1, 0.15) is 5.75 Å². The maximum Gasteiger partial charge on any atom is 0.573 e. The molecule has 0 bridgehead atoms. The fraction of sp³-hybridized carbons (Fsp3) is 0.182. The molecule has 2 rings (SSSR count). The van der Waals surface area contributed by atoms with Crippen LogP contribution >= 0.6 is 0 Å². The fourth-order valence-corrected chi connectivity index (χ4v) is 1.68. The normalized spacial score (nSPS) is 11.8. The molecule has 2 aromatic rings. The summed E-state index contributed by atoms with van der Waals surface area (Å²) in [7, 11) is 0. The van der Waals surface area contributed by atoms with Gasteiger partial charge in [0, 0.05) is 22.7 Å². The van der Waals surface area contributed by atoms with Crippen LogP contribution in [0, 0.1) is 6.92 Å². The molecule has 1 aromatic heterocycles. The summed E-state index contributed by atoms with van der Waals surface area (Å²) in [4.78, 5) is 13.6. The van der Waals surface area contributed by atoms with Crippen LogP contribution in [0.1, 0.15) is 16.1 Å². The minimum atomic E-state index is -4.72. The molecule has 0 aliphatic carbocycles. The van der Waals surface area contributed by atoms with E-state index >= 15 is 0 Å². The molecular weight excluding hydrogens is 235 g/mol. The van der Waals surface area contributed by atoms with E-state index in [0.29, 0.717) is 28.4 Å². The zero-order valence-electron chi connectivity index (χ0n) is 8.76. The Balaban J connectivity index is 2.49. The Labute approximate surface area is 94.2 Å². The number of benzene rings is 1. The third-order valence-corrected chi connectivity index (χ3v) is 2.36. The van der Waals surface area contributed by atoms with Gasteiger partial charge in [-0.3, -0.25) is 4.79 Å². The lowest BCUT2D eigenvalue weighted by atomic mass is 10.1. The van der Waals surface area contributed by atoms with Crippen molar-refractivity contribution in [1.29, 1.82) is 0 Å². The second-order valence-electron chi connectivity index (χ2n) is 3.54. The van der Waals surface area contributed by atoms with E-state index in [1.807, 2.05) is 0 Å². The zero-order valence-corrected chi connectivity index (χ0v) is 8.76. The minimum Gasteiger partial charge on any atom is -0.406 e. The van der Waals surface area contributed by atoms with E-state index in [-0.39, 0.29) is 5.75 Å². The van der Waals surface area contributed by atoms with Gasteiger partial charge in [-0.2, -0.15) is 0 Å². The molecule has 0 saturated carbocycles. The van der Waals surface area contributed by atoms with E-state index in [0.717, 1.165) is 0 Å². The summed E-state index contributed by atoms with van der Waals surface area (Å²) in [6, 6.07) is 3.81. The quantitative estimate of drug-likeness (QED) is 0.823. The van der Waals surface area contributed by atoms with Crippen LogP contribution in [-0.2, 0) is 0 Å². The first-order valence-electron chi connectivity index (χ1n) is 4.74. The molecule has 90 valence electrons. The van der Waals surface area contributed by atoms with Crippen LogP contribution in [0.25, 0.3) is 10.9 Å². The molecule has 0 unspecified atom stereocenters. The SMILES string of the molecule is Cc1[nH]c2cc(OC(F)(F)F)ccc2c1C=O. The van der Waals surface area contributed by atoms with Gasteiger partial charge in [0.05, 0.1) is 5.52 Å². The molecule has 1 heterocycles. The summed E-state index contributed by atoms with van der Waals surface area (Å²) < 4.78 is 39.8. The Bertz CT molecular complexity index is 572. The molecule has 1 N–H and O–H groups in total. The molecule has 1 aromatic carbocycles. The van der Waals surface area contributed by atoms with Gasteiger partial charge in [0.15, 0.2) is 6.29 Å². The highest BCUT2D eigenvalue weighted by Crippen LogP contribution is 2.28. The fourth-order valence-electron chi connectivity index (χ4n) is 1.68. The van der Waals surface area contributed by atoms with Crippen molar-refractivity contribution in [3.63, 3.8) is 0 Å². The third-order valence-electron chi connectivity index (χ3n) is 2.36. The molecule has 3 nitrogen and oxygen atoms in total. The Morgan fingerprint density at radius 1 is 1.35 bits per heavy atom. The molecule has 0 spiro atoms. The number of nitrogens with one attached hydrogen (secondary N) is 1. The topological polar surface area (TPSA) is 42.1 Å². The Morgan fingerprint density at radius 3 is 2.65 bits per heavy atom. The van der Waals surface area contributed by atoms with Crippen molar-refractivity contribution < 1.29 is 22.7 Å². The van der Waals surface area contributed by atoms with Crippen molar-refractivity contribution in [3.8, 4) is 5.75 Å². The lowest BCUT2D eigenvalue weighted by Crippen LogP contribution is -2.16. The van der Waals surface area contributed by atoms with E-state index in [1.54, 1.807) is 6.92 Å². The standard InChI is InChI=1S/C11H8F3NO2/c1-6-9(5-16)8-3-2-7(4-10(8)15-6)17-11(12,13)14/h2-5,15H,1H3. The first-order valence-corrected chi connectivity index (χ1v) is 4.74. The largest absolute Gasteiger partial charge is 0.573 e. The summed E-state index contributed by atoms with van der Waals surface area (Å²) in [5.74, 6) is -0.316. The highest BCUT2D eigenvalue weighted by Gasteiger charge is 2.31. The maximum absolute atomic E-state index is 12.0. The maximum atomic E-state index is 12.0. The summed E-state index contributed by atoms with van der Waals surface area (Å²) in [6.45, 7) is 1.67. The van der Waals surface area contributed by atoms with Crippen LogP contribution in [0.2, 0.25) is 0 Å². The van der Waals surface area contributed by atoms with Crippen LogP contribution in [-0.4, -0.2) is 17.6 Å². The monoisotopic (exact) mass is 243 g/mol. The van der Waals surface area contributed by atoms with Crippen molar-refractivity contribution in [3.05, 3.63) is 29.5 Å². The number of hydrogen-bond acceptors (Lipinski definition) is 2. The molecule has 0 aliphatic heterocycles. The highest BCUT2D eigenvalue weighted by molar-refractivity contribution is 5.99. The van der Waals surface area contributed by atoms with Gasteiger partial charge in [0.25, 0.3) is 0 Å². The van der Waals surface area contributed by atoms with Crippen molar-refractivity contribution in [2.24, 2.45) is 0 Å². The second kappa shape index (κ2) is 3.80. The average Bonchev–Trinajstić information content (AvgIpc) is 2.50. The van der Waals surface area contributed by atoms with Crippen molar-refractivity contribution in [2.45, 2.75) is 13.3 Å². The summed E-state index contributed by atoms with van der Waals surface area (Å²) in [5, 5.41) is 0.576. The number of halogens is 3. The Kier molecular flexibility index (Phi) is 2.57. The molecule has 0 atom stereocenters. The number of carbonyl (C=O) groups excluding carboxylic acids is 1. The van der Waals surface area contributed by atoms with E-state index < -0.39 is 6.36 Å². The second-order valence-corrected chi connectivity index (χ2v) is 3.54. The van der Waals surface area contributed by atoms with E-state index in [2.05, 4.69) is 9.72 Å². The number of rotatable bonds is 2. The number of carbonyl (C=O) groups is 1. The third kappa shape index (κ3) is 2.25. The van der Waals surface area contributed by atoms with Gasteiger partial charge in [-0.15, -0.1) is 13.2 Å². The molecule has 0 amide bonds. The number of H-pyrrole nitrogens is 1. The molecule has 0 radical (unpaired) electrons. The molecule has 0 saturated heterocycles. The van der Waals surface area contributed by atoms with Crippen molar-refractivity contribution in [2.75, 3.05) is 0 Å². The molecule has 0 fully saturated rings. The minimum absolute atomic E-state index is 0.316. The number of aldehydes is 1. The molecule has 0 aliphatic rings. The van der Waals surface area contributed by atoms with Gasteiger partial charge in [-0.25, -0.2) is 0 Å². The Hall–Kier alpha value is -1.98. The summed E-state index contributed by atoms with van der Waals surface area (Å²) in [6.07, 6.45) is -4.05. The van der Waals surface area contributed by atoms with E-state index in [9.17, 15) is 18.0 Å². The first kappa shape index (κ1) is 11.5. The van der Waals surface area contributed by atoms with Gasteiger partial charge in [-0.05, 0) is 19.1 Å². The predicted molar refractivity (Wildman–Crippen MR) is 55.1 cm³/mol. The summed E-state index contributed by atoms with van der Waals surface area (Å²) >= 11 is 0. The number of aromatic amines is 1. The Morgan fingerprint density at radius 2 is 2.06 bits per heavy atom. The zero-order chi connectivity index (χ0) is 12.6. The first-order chi connectivity index (χ1) is 7.90. The molecule has 6 heteroatoms. The van der Waals surface area contributed by atoms with E-state index in [4.69, 9.17) is 0 Å². The van der Waals surface area contributed by atoms with Crippen LogP contribution in [0.4, 0.5) is 13.2 Å². The van der Waals surface area contributed by atoms with Crippen molar-refractivity contribution in [1.82, 2.24) is 4.98 Å². The molecular formula is C11H8F3NO2. The lowest BCUT2D eigenvalue weighted by molar-refractivity contribution is -0.274. The average molecular weight is 243 g/mol. The van der Waals surface area contributed by atoms with Gasteiger partial charge in [0.2, 0.25) is 0 Å². The van der Waals surface area contributed by atoms with Crippen LogP contribution < -0.4 is 4.74 Å². The molecule has 17 heavy (non-hydrogen) atoms. The van der Waals surface area contributed by atoms with Crippen LogP contribution in [0.5, 0.6) is 5.75 Å². The number of fused-ring (bicyclic) bond motifs is 1. The number of hydrogen-bond donors (Lipinski definition) is 1. The van der Waals surface area contributed by atoms with Crippen molar-refractivity contribution >= 4 is 17.2 Å². The highest BCUT2D eigenvalue weighted by atomic mass is 19.4. The van der Waals surface area contributed by atoms with Gasteiger partial charge < -0.3 is 9.72 Å². The van der Waals surface area contributed by atoms with Crippen LogP contribution in [0.3, 0.4) is 0 Å². The predicted octanol–water partition coefficient (Wildman–Crippen LogP) is 3.19. The number of aryl methyl sites for hydroxylation is 1. The van der Waals surface area contributed by atoms with Gasteiger partial charge in [-0.1, -0.05) is 0 Å². The van der Waals surface area contributed by atoms with Gasteiger partial charge >= 0.3 is 6.36 Å². The van der Waals surface area contributed by atoms with Crippen LogP contribution in [0.15, 0.2) is 18.2 Å². The number of aromatic nitrogens is 1. The smallest absolute Gasteiger partial charge is 0.406 e. The number of alkyl halides is 3. The number of ether oxygens (including phenoxy) is 1. The van der Waals surface area contributed by atoms with E-state index in [1.165, 1.54) is 18.2 Å².